The van der Waals surface area contributed by atoms with Crippen molar-refractivity contribution in [2.75, 3.05) is 0 Å². The fourth-order valence-corrected chi connectivity index (χ4v) is 5.34. The molecule has 5 rings (SSSR count). The van der Waals surface area contributed by atoms with Gasteiger partial charge in [0.2, 0.25) is 0 Å². The van der Waals surface area contributed by atoms with Crippen molar-refractivity contribution in [2.45, 2.75) is 90.3 Å². The van der Waals surface area contributed by atoms with E-state index in [0.29, 0.717) is 0 Å². The highest BCUT2D eigenvalue weighted by Gasteiger charge is 2.52. The van der Waals surface area contributed by atoms with Gasteiger partial charge in [0.15, 0.2) is 0 Å². The number of aryl methyl sites for hydroxylation is 2. The third kappa shape index (κ3) is 4.42. The Bertz CT molecular complexity index is 890. The highest BCUT2D eigenvalue weighted by atomic mass is 79.9. The average molecular weight is 469 g/mol. The number of halogens is 1. The van der Waals surface area contributed by atoms with E-state index in [1.165, 1.54) is 66.0 Å². The molecule has 0 N–H and O–H groups in total. The summed E-state index contributed by atoms with van der Waals surface area (Å²) in [7, 11) is -0.210. The van der Waals surface area contributed by atoms with Crippen LogP contribution in [0, 0.1) is 0 Å². The van der Waals surface area contributed by atoms with Crippen molar-refractivity contribution in [3.05, 3.63) is 63.1 Å². The lowest BCUT2D eigenvalue weighted by Gasteiger charge is -2.32. The van der Waals surface area contributed by atoms with Gasteiger partial charge in [0.25, 0.3) is 0 Å². The Morgan fingerprint density at radius 2 is 1.20 bits per heavy atom. The molecule has 1 saturated heterocycles. The van der Waals surface area contributed by atoms with Crippen LogP contribution in [0.1, 0.15) is 75.6 Å². The van der Waals surface area contributed by atoms with Crippen LogP contribution in [0.25, 0.3) is 0 Å². The summed E-state index contributed by atoms with van der Waals surface area (Å²) < 4.78 is 13.7. The third-order valence-corrected chi connectivity index (χ3v) is 8.02. The minimum atomic E-state index is -0.255. The van der Waals surface area contributed by atoms with Crippen molar-refractivity contribution in [3.8, 4) is 0 Å². The lowest BCUT2D eigenvalue weighted by Crippen LogP contribution is -2.41. The zero-order chi connectivity index (χ0) is 21.4. The molecule has 160 valence electrons. The van der Waals surface area contributed by atoms with Gasteiger partial charge in [-0.15, -0.1) is 0 Å². The van der Waals surface area contributed by atoms with Gasteiger partial charge in [-0.1, -0.05) is 46.3 Å². The summed E-state index contributed by atoms with van der Waals surface area (Å²) in [5.74, 6) is 0. The molecule has 0 saturated carbocycles. The first-order valence-corrected chi connectivity index (χ1v) is 12.3. The number of hydrogen-bond donors (Lipinski definition) is 0. The van der Waals surface area contributed by atoms with Crippen LogP contribution in [0.2, 0.25) is 0 Å². The third-order valence-electron chi connectivity index (χ3n) is 7.28. The molecular formula is C26H34BBrO2. The topological polar surface area (TPSA) is 18.5 Å². The van der Waals surface area contributed by atoms with Gasteiger partial charge in [-0.25, -0.2) is 0 Å². The first-order chi connectivity index (χ1) is 14.3. The van der Waals surface area contributed by atoms with Crippen LogP contribution in [0.4, 0.5) is 0 Å². The SMILES string of the molecule is Brc1cccc2c1CCCC2.CC1(C)OB(c2cccc3c2CCCC3)OC1(C)C. The number of rotatable bonds is 1. The van der Waals surface area contributed by atoms with E-state index in [0.717, 1.165) is 6.42 Å². The lowest BCUT2D eigenvalue weighted by molar-refractivity contribution is 0.00578. The molecule has 2 aromatic carbocycles. The summed E-state index contributed by atoms with van der Waals surface area (Å²) in [5.41, 5.74) is 6.77. The Morgan fingerprint density at radius 1 is 0.700 bits per heavy atom. The van der Waals surface area contributed by atoms with Gasteiger partial charge in [-0.05, 0) is 113 Å². The van der Waals surface area contributed by atoms with E-state index in [-0.39, 0.29) is 18.3 Å². The van der Waals surface area contributed by atoms with Crippen molar-refractivity contribution >= 4 is 28.5 Å². The molecule has 0 aromatic heterocycles. The maximum Gasteiger partial charge on any atom is 0.495 e. The highest BCUT2D eigenvalue weighted by Crippen LogP contribution is 2.37. The Kier molecular flexibility index (Phi) is 6.49. The number of fused-ring (bicyclic) bond motifs is 2. The fraction of sp³-hybridized carbons (Fsp3) is 0.538. The molecule has 30 heavy (non-hydrogen) atoms. The van der Waals surface area contributed by atoms with E-state index in [9.17, 15) is 0 Å². The van der Waals surface area contributed by atoms with Crippen LogP contribution < -0.4 is 5.46 Å². The summed E-state index contributed by atoms with van der Waals surface area (Å²) >= 11 is 3.58. The van der Waals surface area contributed by atoms with Gasteiger partial charge in [0.05, 0.1) is 11.2 Å². The molecule has 0 radical (unpaired) electrons. The standard InChI is InChI=1S/C16H23BO2.C10H11Br/c1-15(2)16(3,4)19-17(18-15)14-11-7-9-12-8-5-6-10-13(12)14;11-10-7-3-5-8-4-1-2-6-9(8)10/h7,9,11H,5-6,8,10H2,1-4H3;3,5,7H,1-2,4,6H2. The van der Waals surface area contributed by atoms with E-state index in [1.807, 2.05) is 0 Å². The largest absolute Gasteiger partial charge is 0.495 e. The van der Waals surface area contributed by atoms with Crippen LogP contribution in [0.3, 0.4) is 0 Å². The quantitative estimate of drug-likeness (QED) is 0.464. The van der Waals surface area contributed by atoms with Crippen molar-refractivity contribution in [1.82, 2.24) is 0 Å². The monoisotopic (exact) mass is 468 g/mol. The molecule has 0 bridgehead atoms. The van der Waals surface area contributed by atoms with Gasteiger partial charge in [-0.2, -0.15) is 0 Å². The van der Waals surface area contributed by atoms with E-state index in [2.05, 4.69) is 80.0 Å². The predicted molar refractivity (Wildman–Crippen MR) is 130 cm³/mol. The zero-order valence-corrected chi connectivity index (χ0v) is 20.5. The summed E-state index contributed by atoms with van der Waals surface area (Å²) in [4.78, 5) is 0. The smallest absolute Gasteiger partial charge is 0.399 e. The summed E-state index contributed by atoms with van der Waals surface area (Å²) in [6.45, 7) is 8.45. The average Bonchev–Trinajstić information content (AvgIpc) is 2.95. The van der Waals surface area contributed by atoms with Crippen LogP contribution >= 0.6 is 15.9 Å². The van der Waals surface area contributed by atoms with E-state index < -0.39 is 0 Å². The second-order valence-electron chi connectivity index (χ2n) is 9.86. The minimum Gasteiger partial charge on any atom is -0.399 e. The minimum absolute atomic E-state index is 0.210. The molecule has 0 atom stereocenters. The normalized spacial score (nSPS) is 21.3. The summed E-state index contributed by atoms with van der Waals surface area (Å²) in [6, 6.07) is 13.1. The van der Waals surface area contributed by atoms with Gasteiger partial charge < -0.3 is 9.31 Å². The fourth-order valence-electron chi connectivity index (χ4n) is 4.74. The molecule has 1 aliphatic heterocycles. The maximum absolute atomic E-state index is 6.19. The summed E-state index contributed by atoms with van der Waals surface area (Å²) in [6.07, 6.45) is 10.2. The molecule has 1 heterocycles. The van der Waals surface area contributed by atoms with E-state index >= 15 is 0 Å². The zero-order valence-electron chi connectivity index (χ0n) is 18.9. The van der Waals surface area contributed by atoms with Crippen molar-refractivity contribution in [3.63, 3.8) is 0 Å². The second kappa shape index (κ2) is 8.80. The van der Waals surface area contributed by atoms with Gasteiger partial charge in [0, 0.05) is 4.47 Å². The van der Waals surface area contributed by atoms with E-state index in [1.54, 1.807) is 11.1 Å². The lowest BCUT2D eigenvalue weighted by atomic mass is 9.72. The molecule has 1 fully saturated rings. The van der Waals surface area contributed by atoms with Crippen molar-refractivity contribution in [1.29, 1.82) is 0 Å². The first-order valence-electron chi connectivity index (χ1n) is 11.5. The molecule has 2 nitrogen and oxygen atoms in total. The Morgan fingerprint density at radius 3 is 1.80 bits per heavy atom. The molecule has 2 aliphatic carbocycles. The number of hydrogen-bond acceptors (Lipinski definition) is 2. The van der Waals surface area contributed by atoms with Crippen molar-refractivity contribution < 1.29 is 9.31 Å². The Labute approximate surface area is 191 Å². The maximum atomic E-state index is 6.19. The summed E-state index contributed by atoms with van der Waals surface area (Å²) in [5, 5.41) is 0. The molecule has 3 aliphatic rings. The molecular weight excluding hydrogens is 435 g/mol. The number of benzene rings is 2. The Balaban J connectivity index is 0.000000168. The predicted octanol–water partition coefficient (Wildman–Crippen LogP) is 6.19. The molecule has 2 aromatic rings. The van der Waals surface area contributed by atoms with Gasteiger partial charge in [0.1, 0.15) is 0 Å². The Hall–Kier alpha value is -1.10. The first kappa shape index (κ1) is 22.1. The second-order valence-corrected chi connectivity index (χ2v) is 10.7. The molecule has 0 spiro atoms. The van der Waals surface area contributed by atoms with Crippen LogP contribution in [-0.2, 0) is 35.0 Å². The highest BCUT2D eigenvalue weighted by molar-refractivity contribution is 9.10. The van der Waals surface area contributed by atoms with Gasteiger partial charge in [-0.3, -0.25) is 0 Å². The van der Waals surface area contributed by atoms with E-state index in [4.69, 9.17) is 9.31 Å². The van der Waals surface area contributed by atoms with Gasteiger partial charge >= 0.3 is 7.12 Å². The van der Waals surface area contributed by atoms with Crippen LogP contribution in [0.5, 0.6) is 0 Å². The molecule has 0 unspecified atom stereocenters. The van der Waals surface area contributed by atoms with Crippen molar-refractivity contribution in [2.24, 2.45) is 0 Å². The van der Waals surface area contributed by atoms with Crippen LogP contribution in [-0.4, -0.2) is 18.3 Å². The van der Waals surface area contributed by atoms with Crippen LogP contribution in [0.15, 0.2) is 40.9 Å². The molecule has 0 amide bonds. The molecule has 4 heteroatoms.